The van der Waals surface area contributed by atoms with Crippen LogP contribution in [0.3, 0.4) is 0 Å². The van der Waals surface area contributed by atoms with Crippen LogP contribution in [0.1, 0.15) is 39.5 Å². The minimum Gasteiger partial charge on any atom is -0.396 e. The summed E-state index contributed by atoms with van der Waals surface area (Å²) in [4.78, 5) is 22.4. The molecule has 0 aliphatic carbocycles. The van der Waals surface area contributed by atoms with Crippen LogP contribution in [0.5, 0.6) is 0 Å². The molecule has 4 N–H and O–H groups in total. The van der Waals surface area contributed by atoms with E-state index in [4.69, 9.17) is 10.8 Å². The summed E-state index contributed by atoms with van der Waals surface area (Å²) in [6.45, 7) is 3.78. The van der Waals surface area contributed by atoms with Crippen molar-refractivity contribution in [2.75, 3.05) is 6.61 Å². The van der Waals surface area contributed by atoms with Crippen molar-refractivity contribution in [3.63, 3.8) is 0 Å². The van der Waals surface area contributed by atoms with Crippen molar-refractivity contribution in [2.45, 2.75) is 45.6 Å². The summed E-state index contributed by atoms with van der Waals surface area (Å²) in [7, 11) is 0. The second-order valence-electron chi connectivity index (χ2n) is 3.97. The molecule has 0 fully saturated rings. The molecule has 0 saturated carbocycles. The van der Waals surface area contributed by atoms with Gasteiger partial charge in [-0.25, -0.2) is 0 Å². The van der Waals surface area contributed by atoms with Crippen molar-refractivity contribution in [2.24, 2.45) is 11.7 Å². The van der Waals surface area contributed by atoms with Gasteiger partial charge in [0.15, 0.2) is 0 Å². The molecule has 0 aromatic rings. The Morgan fingerprint density at radius 1 is 1.38 bits per heavy atom. The predicted molar refractivity (Wildman–Crippen MR) is 61.5 cm³/mol. The second kappa shape index (κ2) is 8.10. The van der Waals surface area contributed by atoms with Gasteiger partial charge in [0, 0.05) is 13.0 Å². The van der Waals surface area contributed by atoms with Crippen LogP contribution in [-0.2, 0) is 9.59 Å². The zero-order chi connectivity index (χ0) is 12.6. The molecule has 5 nitrogen and oxygen atoms in total. The third kappa shape index (κ3) is 5.70. The van der Waals surface area contributed by atoms with Crippen molar-refractivity contribution in [3.05, 3.63) is 0 Å². The Morgan fingerprint density at radius 3 is 2.38 bits per heavy atom. The Labute approximate surface area is 96.4 Å². The number of rotatable bonds is 8. The normalized spacial score (nSPS) is 14.2. The fourth-order valence-corrected chi connectivity index (χ4v) is 1.56. The van der Waals surface area contributed by atoms with Crippen LogP contribution in [-0.4, -0.2) is 29.6 Å². The second-order valence-corrected chi connectivity index (χ2v) is 3.97. The lowest BCUT2D eigenvalue weighted by molar-refractivity contribution is -0.128. The van der Waals surface area contributed by atoms with E-state index in [1.807, 2.05) is 6.92 Å². The lowest BCUT2D eigenvalue weighted by Gasteiger charge is -2.16. The Kier molecular flexibility index (Phi) is 7.54. The van der Waals surface area contributed by atoms with E-state index >= 15 is 0 Å². The first-order valence-electron chi connectivity index (χ1n) is 5.74. The Morgan fingerprint density at radius 2 is 2.00 bits per heavy atom. The van der Waals surface area contributed by atoms with Crippen LogP contribution in [0.2, 0.25) is 0 Å². The lowest BCUT2D eigenvalue weighted by Crippen LogP contribution is -2.44. The first kappa shape index (κ1) is 14.9. The molecular weight excluding hydrogens is 208 g/mol. The average molecular weight is 230 g/mol. The molecule has 0 aromatic carbocycles. The van der Waals surface area contributed by atoms with Gasteiger partial charge in [-0.15, -0.1) is 0 Å². The number of amides is 2. The predicted octanol–water partition coefficient (Wildman–Crippen LogP) is 0.165. The van der Waals surface area contributed by atoms with Crippen molar-refractivity contribution >= 4 is 11.8 Å². The van der Waals surface area contributed by atoms with Gasteiger partial charge in [-0.3, -0.25) is 9.59 Å². The van der Waals surface area contributed by atoms with Gasteiger partial charge < -0.3 is 16.2 Å². The topological polar surface area (TPSA) is 92.4 Å². The Bertz CT molecular complexity index is 231. The van der Waals surface area contributed by atoms with Crippen molar-refractivity contribution < 1.29 is 14.7 Å². The standard InChI is InChI=1S/C11H22N2O3/c1-3-5-8(7-14)6-10(15)13-9(4-2)11(12)16/h8-9,14H,3-7H2,1-2H3,(H2,12,16)(H,13,15)/t8-,9-/m0/s1. The molecule has 0 unspecified atom stereocenters. The molecule has 5 heteroatoms. The van der Waals surface area contributed by atoms with E-state index in [0.717, 1.165) is 12.8 Å². The number of primary amides is 1. The van der Waals surface area contributed by atoms with E-state index in [2.05, 4.69) is 5.32 Å². The number of carbonyl (C=O) groups is 2. The number of aliphatic hydroxyl groups excluding tert-OH is 1. The number of carbonyl (C=O) groups excluding carboxylic acids is 2. The van der Waals surface area contributed by atoms with Gasteiger partial charge in [-0.1, -0.05) is 20.3 Å². The molecule has 0 aliphatic rings. The summed E-state index contributed by atoms with van der Waals surface area (Å²) in [5.74, 6) is -0.777. The van der Waals surface area contributed by atoms with E-state index in [9.17, 15) is 9.59 Å². The summed E-state index contributed by atoms with van der Waals surface area (Å²) in [6, 6.07) is -0.603. The fraction of sp³-hybridized carbons (Fsp3) is 0.818. The number of nitrogens with two attached hydrogens (primary N) is 1. The van der Waals surface area contributed by atoms with Gasteiger partial charge in [-0.2, -0.15) is 0 Å². The fourth-order valence-electron chi connectivity index (χ4n) is 1.56. The molecule has 94 valence electrons. The summed E-state index contributed by atoms with van der Waals surface area (Å²) < 4.78 is 0. The monoisotopic (exact) mass is 230 g/mol. The van der Waals surface area contributed by atoms with Crippen LogP contribution >= 0.6 is 0 Å². The molecular formula is C11H22N2O3. The molecule has 0 rings (SSSR count). The summed E-state index contributed by atoms with van der Waals surface area (Å²) in [6.07, 6.45) is 2.45. The first-order chi connectivity index (χ1) is 7.54. The van der Waals surface area contributed by atoms with Crippen molar-refractivity contribution in [1.29, 1.82) is 0 Å². The van der Waals surface area contributed by atoms with Crippen LogP contribution < -0.4 is 11.1 Å². The van der Waals surface area contributed by atoms with E-state index in [-0.39, 0.29) is 24.9 Å². The SMILES string of the molecule is CCC[C@H](CO)CC(=O)N[C@@H](CC)C(N)=O. The van der Waals surface area contributed by atoms with E-state index < -0.39 is 11.9 Å². The molecule has 0 heterocycles. The highest BCUT2D eigenvalue weighted by atomic mass is 16.3. The van der Waals surface area contributed by atoms with Crippen LogP contribution in [0.25, 0.3) is 0 Å². The Balaban J connectivity index is 4.09. The zero-order valence-corrected chi connectivity index (χ0v) is 10.0. The maximum absolute atomic E-state index is 11.5. The third-order valence-corrected chi connectivity index (χ3v) is 2.52. The molecule has 0 aromatic heterocycles. The number of nitrogens with one attached hydrogen (secondary N) is 1. The molecule has 2 atom stereocenters. The minimum atomic E-state index is -0.603. The molecule has 2 amide bonds. The van der Waals surface area contributed by atoms with Gasteiger partial charge in [-0.05, 0) is 18.8 Å². The minimum absolute atomic E-state index is 0.00533. The van der Waals surface area contributed by atoms with Crippen molar-refractivity contribution in [1.82, 2.24) is 5.32 Å². The summed E-state index contributed by atoms with van der Waals surface area (Å²) >= 11 is 0. The largest absolute Gasteiger partial charge is 0.396 e. The Hall–Kier alpha value is -1.10. The average Bonchev–Trinajstić information content (AvgIpc) is 2.24. The molecule has 0 spiro atoms. The molecule has 0 saturated heterocycles. The smallest absolute Gasteiger partial charge is 0.239 e. The van der Waals surface area contributed by atoms with Gasteiger partial charge in [0.05, 0.1) is 0 Å². The van der Waals surface area contributed by atoms with Crippen LogP contribution in [0.15, 0.2) is 0 Å². The summed E-state index contributed by atoms with van der Waals surface area (Å²) in [5, 5.41) is 11.6. The maximum Gasteiger partial charge on any atom is 0.239 e. The lowest BCUT2D eigenvalue weighted by atomic mass is 10.0. The van der Waals surface area contributed by atoms with Gasteiger partial charge in [0.1, 0.15) is 6.04 Å². The highest BCUT2D eigenvalue weighted by Crippen LogP contribution is 2.10. The number of hydrogen-bond donors (Lipinski definition) is 3. The molecule has 0 radical (unpaired) electrons. The maximum atomic E-state index is 11.5. The van der Waals surface area contributed by atoms with Gasteiger partial charge >= 0.3 is 0 Å². The number of hydrogen-bond acceptors (Lipinski definition) is 3. The highest BCUT2D eigenvalue weighted by molar-refractivity contribution is 5.86. The summed E-state index contributed by atoms with van der Waals surface area (Å²) in [5.41, 5.74) is 5.11. The number of aliphatic hydroxyl groups is 1. The quantitative estimate of drug-likeness (QED) is 0.555. The van der Waals surface area contributed by atoms with Crippen molar-refractivity contribution in [3.8, 4) is 0 Å². The molecule has 0 aliphatic heterocycles. The van der Waals surface area contributed by atoms with E-state index in [1.165, 1.54) is 0 Å². The first-order valence-corrected chi connectivity index (χ1v) is 5.74. The molecule has 16 heavy (non-hydrogen) atoms. The zero-order valence-electron chi connectivity index (χ0n) is 10.0. The van der Waals surface area contributed by atoms with Gasteiger partial charge in [0.2, 0.25) is 11.8 Å². The highest BCUT2D eigenvalue weighted by Gasteiger charge is 2.18. The third-order valence-electron chi connectivity index (χ3n) is 2.52. The van der Waals surface area contributed by atoms with Crippen LogP contribution in [0, 0.1) is 5.92 Å². The van der Waals surface area contributed by atoms with E-state index in [0.29, 0.717) is 6.42 Å². The van der Waals surface area contributed by atoms with Gasteiger partial charge in [0.25, 0.3) is 0 Å². The van der Waals surface area contributed by atoms with E-state index in [1.54, 1.807) is 6.92 Å². The molecule has 0 bridgehead atoms. The van der Waals surface area contributed by atoms with Crippen LogP contribution in [0.4, 0.5) is 0 Å².